The van der Waals surface area contributed by atoms with Crippen molar-refractivity contribution in [2.75, 3.05) is 11.9 Å². The molecule has 1 aliphatic rings. The second kappa shape index (κ2) is 8.86. The van der Waals surface area contributed by atoms with Gasteiger partial charge in [-0.1, -0.05) is 48.0 Å². The molecule has 0 radical (unpaired) electrons. The standard InChI is InChI=1S/C22H19ClN2O3S/c23-19-6-2-4-16-11-15(7-8-18(16)19)13-28-10-9-14-3-1-5-17(12-14)24-21-20(26)25-22(27)29-21/h1-8,11-12,21,24H,9-10,13H2,(H,25,26,27). The van der Waals surface area contributed by atoms with Crippen LogP contribution < -0.4 is 10.6 Å². The smallest absolute Gasteiger partial charge is 0.288 e. The largest absolute Gasteiger partial charge is 0.376 e. The Labute approximate surface area is 177 Å². The quantitative estimate of drug-likeness (QED) is 0.522. The van der Waals surface area contributed by atoms with Gasteiger partial charge in [-0.05, 0) is 59.0 Å². The molecule has 2 N–H and O–H groups in total. The maximum atomic E-state index is 11.7. The second-order valence-electron chi connectivity index (χ2n) is 6.72. The van der Waals surface area contributed by atoms with E-state index in [1.807, 2.05) is 54.6 Å². The number of thioether (sulfide) groups is 1. The molecule has 0 spiro atoms. The number of imide groups is 1. The number of fused-ring (bicyclic) bond motifs is 1. The van der Waals surface area contributed by atoms with Crippen LogP contribution in [0, 0.1) is 0 Å². The van der Waals surface area contributed by atoms with E-state index in [4.69, 9.17) is 16.3 Å². The molecule has 0 bridgehead atoms. The van der Waals surface area contributed by atoms with Gasteiger partial charge in [-0.15, -0.1) is 0 Å². The highest BCUT2D eigenvalue weighted by Gasteiger charge is 2.31. The number of anilines is 1. The molecule has 4 rings (SSSR count). The predicted octanol–water partition coefficient (Wildman–Crippen LogP) is 4.97. The van der Waals surface area contributed by atoms with Crippen molar-refractivity contribution >= 4 is 51.0 Å². The average molecular weight is 427 g/mol. The number of carbonyl (C=O) groups excluding carboxylic acids is 2. The molecule has 1 aliphatic heterocycles. The fourth-order valence-corrected chi connectivity index (χ4v) is 4.16. The number of nitrogens with one attached hydrogen (secondary N) is 2. The Hall–Kier alpha value is -2.54. The molecule has 3 aromatic rings. The van der Waals surface area contributed by atoms with Crippen LogP contribution in [0.5, 0.6) is 0 Å². The Bertz CT molecular complexity index is 1070. The van der Waals surface area contributed by atoms with E-state index < -0.39 is 5.37 Å². The summed E-state index contributed by atoms with van der Waals surface area (Å²) in [6, 6.07) is 19.8. The van der Waals surface area contributed by atoms with Crippen LogP contribution in [0.4, 0.5) is 10.5 Å². The zero-order valence-corrected chi connectivity index (χ0v) is 17.1. The maximum Gasteiger partial charge on any atom is 0.288 e. The third-order valence-electron chi connectivity index (χ3n) is 4.61. The fraction of sp³-hybridized carbons (Fsp3) is 0.182. The third kappa shape index (κ3) is 4.90. The van der Waals surface area contributed by atoms with Gasteiger partial charge >= 0.3 is 0 Å². The number of amides is 2. The summed E-state index contributed by atoms with van der Waals surface area (Å²) in [6.45, 7) is 1.11. The van der Waals surface area contributed by atoms with Crippen molar-refractivity contribution in [2.45, 2.75) is 18.4 Å². The molecule has 3 aromatic carbocycles. The first kappa shape index (κ1) is 19.8. The lowest BCUT2D eigenvalue weighted by Gasteiger charge is -2.11. The number of rotatable bonds is 7. The lowest BCUT2D eigenvalue weighted by Crippen LogP contribution is -2.29. The molecule has 0 aliphatic carbocycles. The van der Waals surface area contributed by atoms with Gasteiger partial charge in [-0.3, -0.25) is 14.9 Å². The lowest BCUT2D eigenvalue weighted by atomic mass is 10.1. The van der Waals surface area contributed by atoms with E-state index in [9.17, 15) is 9.59 Å². The van der Waals surface area contributed by atoms with E-state index in [-0.39, 0.29) is 11.1 Å². The van der Waals surface area contributed by atoms with Crippen molar-refractivity contribution in [1.29, 1.82) is 0 Å². The van der Waals surface area contributed by atoms with Crippen LogP contribution in [-0.4, -0.2) is 23.1 Å². The Balaban J connectivity index is 1.29. The summed E-state index contributed by atoms with van der Waals surface area (Å²) >= 11 is 7.16. The van der Waals surface area contributed by atoms with Crippen LogP contribution >= 0.6 is 23.4 Å². The molecule has 2 amide bonds. The monoisotopic (exact) mass is 426 g/mol. The summed E-state index contributed by atoms with van der Waals surface area (Å²) in [4.78, 5) is 22.9. The zero-order valence-electron chi connectivity index (χ0n) is 15.5. The molecule has 1 heterocycles. The normalized spacial score (nSPS) is 16.2. The molecule has 7 heteroatoms. The number of ether oxygens (including phenoxy) is 1. The molecule has 1 atom stereocenters. The number of hydrogen-bond acceptors (Lipinski definition) is 5. The first-order valence-electron chi connectivity index (χ1n) is 9.20. The maximum absolute atomic E-state index is 11.7. The lowest BCUT2D eigenvalue weighted by molar-refractivity contribution is -0.118. The number of carbonyl (C=O) groups is 2. The minimum absolute atomic E-state index is 0.314. The van der Waals surface area contributed by atoms with Gasteiger partial charge in [0, 0.05) is 16.1 Å². The van der Waals surface area contributed by atoms with Crippen molar-refractivity contribution in [2.24, 2.45) is 0 Å². The number of halogens is 1. The molecule has 1 unspecified atom stereocenters. The SMILES string of the molecule is O=C1NC(=O)C(Nc2cccc(CCOCc3ccc4c(Cl)cccc4c3)c2)S1. The molecule has 1 saturated heterocycles. The van der Waals surface area contributed by atoms with Gasteiger partial charge in [0.15, 0.2) is 5.37 Å². The van der Waals surface area contributed by atoms with Crippen molar-refractivity contribution in [1.82, 2.24) is 5.32 Å². The third-order valence-corrected chi connectivity index (χ3v) is 5.82. The summed E-state index contributed by atoms with van der Waals surface area (Å²) in [6.07, 6.45) is 0.748. The van der Waals surface area contributed by atoms with Crippen LogP contribution in [0.25, 0.3) is 10.8 Å². The highest BCUT2D eigenvalue weighted by Crippen LogP contribution is 2.25. The summed E-state index contributed by atoms with van der Waals surface area (Å²) < 4.78 is 5.84. The fourth-order valence-electron chi connectivity index (χ4n) is 3.18. The van der Waals surface area contributed by atoms with Gasteiger partial charge < -0.3 is 10.1 Å². The first-order chi connectivity index (χ1) is 14.1. The van der Waals surface area contributed by atoms with Gasteiger partial charge in [0.2, 0.25) is 0 Å². The zero-order chi connectivity index (χ0) is 20.2. The minimum atomic E-state index is -0.588. The van der Waals surface area contributed by atoms with Gasteiger partial charge in [-0.2, -0.15) is 0 Å². The number of benzene rings is 3. The Morgan fingerprint density at radius 1 is 1.03 bits per heavy atom. The molecule has 1 fully saturated rings. The van der Waals surface area contributed by atoms with Gasteiger partial charge in [0.25, 0.3) is 11.1 Å². The molecule has 0 aromatic heterocycles. The summed E-state index contributed by atoms with van der Waals surface area (Å²) in [7, 11) is 0. The molecule has 5 nitrogen and oxygen atoms in total. The summed E-state index contributed by atoms with van der Waals surface area (Å²) in [5.74, 6) is -0.314. The van der Waals surface area contributed by atoms with Gasteiger partial charge in [-0.25, -0.2) is 0 Å². The Morgan fingerprint density at radius 2 is 1.90 bits per heavy atom. The van der Waals surface area contributed by atoms with E-state index in [1.54, 1.807) is 0 Å². The molecule has 0 saturated carbocycles. The van der Waals surface area contributed by atoms with Crippen molar-refractivity contribution in [3.05, 3.63) is 76.8 Å². The van der Waals surface area contributed by atoms with Gasteiger partial charge in [0.05, 0.1) is 13.2 Å². The summed E-state index contributed by atoms with van der Waals surface area (Å²) in [5.41, 5.74) is 3.00. The highest BCUT2D eigenvalue weighted by molar-refractivity contribution is 8.15. The van der Waals surface area contributed by atoms with Crippen molar-refractivity contribution < 1.29 is 14.3 Å². The van der Waals surface area contributed by atoms with E-state index in [0.29, 0.717) is 13.2 Å². The van der Waals surface area contributed by atoms with Crippen molar-refractivity contribution in [3.63, 3.8) is 0 Å². The predicted molar refractivity (Wildman–Crippen MR) is 117 cm³/mol. The van der Waals surface area contributed by atoms with Crippen molar-refractivity contribution in [3.8, 4) is 0 Å². The molecule has 148 valence electrons. The van der Waals surface area contributed by atoms with E-state index >= 15 is 0 Å². The van der Waals surface area contributed by atoms with Gasteiger partial charge in [0.1, 0.15) is 0 Å². The summed E-state index contributed by atoms with van der Waals surface area (Å²) in [5, 5.41) is 7.33. The highest BCUT2D eigenvalue weighted by atomic mass is 35.5. The first-order valence-corrected chi connectivity index (χ1v) is 10.5. The number of hydrogen-bond donors (Lipinski definition) is 2. The Morgan fingerprint density at radius 3 is 2.72 bits per heavy atom. The van der Waals surface area contributed by atoms with Crippen LogP contribution in [0.1, 0.15) is 11.1 Å². The molecule has 29 heavy (non-hydrogen) atoms. The van der Waals surface area contributed by atoms with Crippen LogP contribution in [0.15, 0.2) is 60.7 Å². The van der Waals surface area contributed by atoms with E-state index in [0.717, 1.165) is 50.8 Å². The van der Waals surface area contributed by atoms with Crippen LogP contribution in [0.2, 0.25) is 5.02 Å². The van der Waals surface area contributed by atoms with E-state index in [2.05, 4.69) is 16.7 Å². The van der Waals surface area contributed by atoms with Crippen LogP contribution in [-0.2, 0) is 22.6 Å². The van der Waals surface area contributed by atoms with Crippen LogP contribution in [0.3, 0.4) is 0 Å². The minimum Gasteiger partial charge on any atom is -0.376 e. The second-order valence-corrected chi connectivity index (χ2v) is 8.20. The Kier molecular flexibility index (Phi) is 6.04. The van der Waals surface area contributed by atoms with E-state index in [1.165, 1.54) is 0 Å². The molecular weight excluding hydrogens is 408 g/mol. The molecular formula is C22H19ClN2O3S. The average Bonchev–Trinajstić information content (AvgIpc) is 3.02. The topological polar surface area (TPSA) is 67.4 Å².